The molecule has 0 saturated carbocycles. The van der Waals surface area contributed by atoms with Crippen molar-refractivity contribution in [3.8, 4) is 44.5 Å². The van der Waals surface area contributed by atoms with Crippen LogP contribution in [-0.2, 0) is 24.7 Å². The summed E-state index contributed by atoms with van der Waals surface area (Å²) in [7, 11) is 0. The van der Waals surface area contributed by atoms with Gasteiger partial charge in [-0.25, -0.2) is 0 Å². The van der Waals surface area contributed by atoms with Gasteiger partial charge in [0.05, 0.1) is 22.3 Å². The Kier molecular flexibility index (Phi) is 7.88. The molecule has 4 nitrogen and oxygen atoms in total. The van der Waals surface area contributed by atoms with Gasteiger partial charge in [0.25, 0.3) is 0 Å². The molecule has 8 N–H and O–H groups in total. The molecule has 0 atom stereocenters. The third kappa shape index (κ3) is 6.04. The van der Waals surface area contributed by atoms with Gasteiger partial charge in [-0.3, -0.25) is 0 Å². The Balaban J connectivity index is 1.37. The molecule has 0 aliphatic heterocycles. The van der Waals surface area contributed by atoms with Crippen LogP contribution in [0.3, 0.4) is 0 Å². The van der Waals surface area contributed by atoms with E-state index in [1.807, 2.05) is 0 Å². The number of halogens is 12. The molecule has 2 aliphatic rings. The molecule has 0 spiro atoms. The van der Waals surface area contributed by atoms with E-state index in [0.717, 1.165) is 0 Å². The van der Waals surface area contributed by atoms with E-state index in [1.165, 1.54) is 36.4 Å². The summed E-state index contributed by atoms with van der Waals surface area (Å²) < 4.78 is 164. The molecule has 54 heavy (non-hydrogen) atoms. The normalized spacial score (nSPS) is 13.8. The molecule has 0 radical (unpaired) electrons. The average molecular weight is 763 g/mol. The number of benzene rings is 5. The van der Waals surface area contributed by atoms with Crippen molar-refractivity contribution in [2.75, 3.05) is 0 Å². The summed E-state index contributed by atoms with van der Waals surface area (Å²) in [6, 6.07) is 14.1. The molecule has 0 fully saturated rings. The van der Waals surface area contributed by atoms with E-state index in [4.69, 9.17) is 22.9 Å². The van der Waals surface area contributed by atoms with Crippen LogP contribution < -0.4 is 22.9 Å². The van der Waals surface area contributed by atoms with Crippen LogP contribution in [0, 0.1) is 0 Å². The zero-order valence-corrected chi connectivity index (χ0v) is 26.9. The van der Waals surface area contributed by atoms with Crippen LogP contribution in [0.1, 0.15) is 44.5 Å². The highest BCUT2D eigenvalue weighted by atomic mass is 19.4. The lowest BCUT2D eigenvalue weighted by molar-refractivity contribution is -0.144. The highest BCUT2D eigenvalue weighted by molar-refractivity contribution is 6.10. The van der Waals surface area contributed by atoms with E-state index in [9.17, 15) is 52.7 Å². The zero-order chi connectivity index (χ0) is 39.4. The molecule has 278 valence electrons. The second-order valence-corrected chi connectivity index (χ2v) is 12.7. The fraction of sp³-hybridized carbons (Fsp3) is 0.105. The van der Waals surface area contributed by atoms with Gasteiger partial charge in [-0.2, -0.15) is 52.7 Å². The first-order chi connectivity index (χ1) is 24.9. The summed E-state index contributed by atoms with van der Waals surface area (Å²) in [5.74, 6) is -0.473. The van der Waals surface area contributed by atoms with Crippen LogP contribution >= 0.6 is 0 Å². The maximum atomic E-state index is 13.6. The third-order valence-electron chi connectivity index (χ3n) is 9.27. The van der Waals surface area contributed by atoms with Crippen molar-refractivity contribution < 1.29 is 52.7 Å². The van der Waals surface area contributed by atoms with Gasteiger partial charge in [0, 0.05) is 11.1 Å². The maximum absolute atomic E-state index is 13.6. The zero-order valence-electron chi connectivity index (χ0n) is 26.9. The number of hydrogen-bond acceptors (Lipinski definition) is 4. The molecule has 0 heterocycles. The van der Waals surface area contributed by atoms with E-state index in [0.29, 0.717) is 68.8 Å². The first-order valence-corrected chi connectivity index (χ1v) is 15.5. The average Bonchev–Trinajstić information content (AvgIpc) is 3.56. The summed E-state index contributed by atoms with van der Waals surface area (Å²) >= 11 is 0. The third-order valence-corrected chi connectivity index (χ3v) is 9.27. The fourth-order valence-electron chi connectivity index (χ4n) is 6.95. The second kappa shape index (κ2) is 11.7. The van der Waals surface area contributed by atoms with Crippen LogP contribution in [0.15, 0.2) is 96.6 Å². The molecule has 0 saturated heterocycles. The largest absolute Gasteiger partial charge is 0.416 e. The highest BCUT2D eigenvalue weighted by Gasteiger charge is 2.39. The van der Waals surface area contributed by atoms with Crippen LogP contribution in [0.25, 0.3) is 55.7 Å². The molecule has 2 aliphatic carbocycles. The van der Waals surface area contributed by atoms with Crippen molar-refractivity contribution in [2.24, 2.45) is 22.9 Å². The van der Waals surface area contributed by atoms with Crippen molar-refractivity contribution in [1.82, 2.24) is 0 Å². The molecule has 7 rings (SSSR count). The van der Waals surface area contributed by atoms with Crippen molar-refractivity contribution in [2.45, 2.75) is 24.7 Å². The van der Waals surface area contributed by atoms with E-state index < -0.39 is 47.0 Å². The first kappa shape index (κ1) is 36.3. The number of nitrogens with two attached hydrogens (primary N) is 4. The van der Waals surface area contributed by atoms with Crippen LogP contribution in [0.4, 0.5) is 52.7 Å². The smallest absolute Gasteiger partial charge is 0.385 e. The van der Waals surface area contributed by atoms with Crippen molar-refractivity contribution in [3.05, 3.63) is 141 Å². The van der Waals surface area contributed by atoms with Gasteiger partial charge in [-0.1, -0.05) is 24.3 Å². The number of fused-ring (bicyclic) bond motifs is 6. The molecule has 0 aromatic heterocycles. The molecule has 0 bridgehead atoms. The lowest BCUT2D eigenvalue weighted by atomic mass is 9.94. The summed E-state index contributed by atoms with van der Waals surface area (Å²) in [4.78, 5) is 0. The van der Waals surface area contributed by atoms with E-state index >= 15 is 0 Å². The summed E-state index contributed by atoms with van der Waals surface area (Å²) in [5.41, 5.74) is 21.4. The van der Waals surface area contributed by atoms with Gasteiger partial charge in [-0.15, -0.1) is 0 Å². The topological polar surface area (TPSA) is 104 Å². The SMILES string of the molecule is NC(N)=C1c2cc(-c3cc(C(F)(F)F)cc(C(F)(F)F)c3)ccc2-c2cc3c(cc21)-c1ccc(-c2cc(C(F)(F)F)cc(C(F)(F)F)c2)cc1C3=C(N)N. The minimum absolute atomic E-state index is 0.00242. The van der Waals surface area contributed by atoms with Gasteiger partial charge in [0.2, 0.25) is 0 Å². The second-order valence-electron chi connectivity index (χ2n) is 12.7. The highest BCUT2D eigenvalue weighted by Crippen LogP contribution is 2.54. The van der Waals surface area contributed by atoms with Crippen molar-refractivity contribution in [1.29, 1.82) is 0 Å². The quantitative estimate of drug-likeness (QED) is 0.132. The Morgan fingerprint density at radius 2 is 0.574 bits per heavy atom. The van der Waals surface area contributed by atoms with Gasteiger partial charge < -0.3 is 22.9 Å². The Hall–Kier alpha value is -6.06. The molecule has 5 aromatic rings. The van der Waals surface area contributed by atoms with Crippen molar-refractivity contribution >= 4 is 11.1 Å². The molecule has 0 unspecified atom stereocenters. The maximum Gasteiger partial charge on any atom is 0.416 e. The molecular weight excluding hydrogens is 740 g/mol. The summed E-state index contributed by atoms with van der Waals surface area (Å²) in [6.07, 6.45) is -20.3. The van der Waals surface area contributed by atoms with Crippen LogP contribution in [0.2, 0.25) is 0 Å². The van der Waals surface area contributed by atoms with Gasteiger partial charge in [0.15, 0.2) is 0 Å². The minimum Gasteiger partial charge on any atom is -0.385 e. The number of alkyl halides is 12. The first-order valence-electron chi connectivity index (χ1n) is 15.5. The van der Waals surface area contributed by atoms with E-state index in [1.54, 1.807) is 12.1 Å². The Bertz CT molecular complexity index is 2240. The van der Waals surface area contributed by atoms with E-state index in [-0.39, 0.29) is 57.2 Å². The van der Waals surface area contributed by atoms with Crippen molar-refractivity contribution in [3.63, 3.8) is 0 Å². The molecule has 0 amide bonds. The number of rotatable bonds is 2. The lowest BCUT2D eigenvalue weighted by Crippen LogP contribution is -2.12. The number of hydrogen-bond donors (Lipinski definition) is 4. The van der Waals surface area contributed by atoms with Gasteiger partial charge in [-0.05, 0) is 127 Å². The molecular formula is C38H22F12N4. The summed E-state index contributed by atoms with van der Waals surface area (Å²) in [5, 5.41) is 0. The molecule has 5 aromatic carbocycles. The Morgan fingerprint density at radius 1 is 0.296 bits per heavy atom. The Labute approximate surface area is 297 Å². The minimum atomic E-state index is -5.08. The predicted octanol–water partition coefficient (Wildman–Crippen LogP) is 10.3. The Morgan fingerprint density at radius 3 is 0.833 bits per heavy atom. The van der Waals surface area contributed by atoms with Gasteiger partial charge >= 0.3 is 24.7 Å². The molecule has 16 heteroatoms. The monoisotopic (exact) mass is 762 g/mol. The van der Waals surface area contributed by atoms with E-state index in [2.05, 4.69) is 0 Å². The standard InChI is InChI=1S/C38H22F12N4/c39-35(40,41)19-5-17(6-20(11-19)36(42,43)44)15-1-3-23-25-13-30-26(14-29(25)31(33(51)52)27(23)9-15)24-4-2-16(10-28(24)32(30)34(53)54)18-7-21(37(45,46)47)12-22(8-18)38(48,49)50/h1-14H,51-54H2. The fourth-order valence-corrected chi connectivity index (χ4v) is 6.95. The van der Waals surface area contributed by atoms with Crippen LogP contribution in [-0.4, -0.2) is 0 Å². The van der Waals surface area contributed by atoms with Crippen LogP contribution in [0.5, 0.6) is 0 Å². The van der Waals surface area contributed by atoms with Gasteiger partial charge in [0.1, 0.15) is 11.6 Å². The lowest BCUT2D eigenvalue weighted by Gasteiger charge is -2.15. The predicted molar refractivity (Wildman–Crippen MR) is 177 cm³/mol. The summed E-state index contributed by atoms with van der Waals surface area (Å²) in [6.45, 7) is 0.